The molecule has 286 valence electrons. The maximum atomic E-state index is 14.7. The molecule has 0 bridgehead atoms. The average Bonchev–Trinajstić information content (AvgIpc) is 3.26. The van der Waals surface area contributed by atoms with Gasteiger partial charge in [-0.2, -0.15) is 0 Å². The van der Waals surface area contributed by atoms with Gasteiger partial charge in [-0.15, -0.1) is 0 Å². The van der Waals surface area contributed by atoms with Gasteiger partial charge in [-0.05, 0) is 150 Å². The maximum absolute atomic E-state index is 14.7. The van der Waals surface area contributed by atoms with E-state index in [2.05, 4.69) is 60.7 Å². The zero-order valence-corrected chi connectivity index (χ0v) is 31.9. The minimum atomic E-state index is -0.651. The van der Waals surface area contributed by atoms with E-state index in [-0.39, 0.29) is 0 Å². The first-order valence-corrected chi connectivity index (χ1v) is 19.7. The van der Waals surface area contributed by atoms with Gasteiger partial charge in [0.15, 0.2) is 0 Å². The van der Waals surface area contributed by atoms with E-state index in [1.54, 1.807) is 0 Å². The fraction of sp³-hybridized carbons (Fsp3) is 0. The third-order valence-electron chi connectivity index (χ3n) is 11.5. The van der Waals surface area contributed by atoms with Crippen LogP contribution in [0.1, 0.15) is 0 Å². The van der Waals surface area contributed by atoms with Gasteiger partial charge >= 0.3 is 0 Å². The smallest absolute Gasteiger partial charge is 0.128 e. The van der Waals surface area contributed by atoms with E-state index in [4.69, 9.17) is 0 Å². The van der Waals surface area contributed by atoms with Crippen LogP contribution in [-0.4, -0.2) is 0 Å². The maximum Gasteiger partial charge on any atom is 0.128 e. The van der Waals surface area contributed by atoms with Gasteiger partial charge in [-0.1, -0.05) is 97.1 Å². The largest absolute Gasteiger partial charge is 0.310 e. The van der Waals surface area contributed by atoms with Crippen molar-refractivity contribution in [3.63, 3.8) is 0 Å². The molecule has 0 N–H and O–H groups in total. The lowest BCUT2D eigenvalue weighted by atomic mass is 9.88. The molecule has 0 heterocycles. The van der Waals surface area contributed by atoms with Crippen LogP contribution in [0.25, 0.3) is 64.6 Å². The van der Waals surface area contributed by atoms with Crippen molar-refractivity contribution >= 4 is 98.8 Å². The number of halogens is 4. The molecule has 0 saturated heterocycles. The molecule has 0 aliphatic carbocycles. The summed E-state index contributed by atoms with van der Waals surface area (Å²) in [5.41, 5.74) is 3.84. The lowest BCUT2D eigenvalue weighted by Crippen LogP contribution is -2.10. The Balaban J connectivity index is 1.17. The number of anilines is 6. The van der Waals surface area contributed by atoms with Gasteiger partial charge in [0.1, 0.15) is 23.3 Å². The van der Waals surface area contributed by atoms with Gasteiger partial charge in [0.25, 0.3) is 0 Å². The number of hydrogen-bond acceptors (Lipinski definition) is 2. The monoisotopic (exact) mass is 784 g/mol. The summed E-state index contributed by atoms with van der Waals surface area (Å²) in [6.45, 7) is 0. The molecule has 0 aromatic heterocycles. The van der Waals surface area contributed by atoms with Gasteiger partial charge in [0.2, 0.25) is 0 Å². The lowest BCUT2D eigenvalue weighted by molar-refractivity contribution is 0.583. The first-order valence-electron chi connectivity index (χ1n) is 19.7. The molecule has 11 aromatic rings. The first-order chi connectivity index (χ1) is 29.4. The van der Waals surface area contributed by atoms with Crippen LogP contribution in [-0.2, 0) is 0 Å². The molecule has 11 rings (SSSR count). The molecule has 0 aliphatic heterocycles. The quantitative estimate of drug-likeness (QED) is 0.0941. The molecule has 0 fully saturated rings. The number of para-hydroxylation sites is 2. The second kappa shape index (κ2) is 14.0. The second-order valence-corrected chi connectivity index (χ2v) is 15.1. The number of benzene rings is 11. The molecule has 2 nitrogen and oxygen atoms in total. The van der Waals surface area contributed by atoms with Crippen LogP contribution in [0.15, 0.2) is 194 Å². The highest BCUT2D eigenvalue weighted by atomic mass is 19.1. The minimum absolute atomic E-state index is 0.380. The Morgan fingerprint density at radius 3 is 0.817 bits per heavy atom. The summed E-state index contributed by atoms with van der Waals surface area (Å²) >= 11 is 0. The molecule has 60 heavy (non-hydrogen) atoms. The molecule has 6 heteroatoms. The van der Waals surface area contributed by atoms with E-state index in [0.29, 0.717) is 11.4 Å². The Labute approximate surface area is 342 Å². The van der Waals surface area contributed by atoms with Crippen LogP contribution >= 0.6 is 0 Å². The zero-order chi connectivity index (χ0) is 40.5. The van der Waals surface area contributed by atoms with Crippen molar-refractivity contribution in [1.82, 2.24) is 0 Å². The standard InChI is InChI=1S/C54H32F4N2/c55-33-23-34(56)26-41(25-33)59(37-11-3-1-4-12-37)39-19-21-47-49(29-39)43-15-7-9-17-45(43)51-32-54-48-22-20-40(30-50(48)44-16-8-10-18-46(44)52(54)31-53(47)51)60(38-13-5-2-6-14-38)42-27-35(57)24-36(58)28-42/h1-32H. The molecule has 11 aromatic carbocycles. The van der Waals surface area contributed by atoms with Crippen molar-refractivity contribution in [1.29, 1.82) is 0 Å². The van der Waals surface area contributed by atoms with Gasteiger partial charge in [-0.3, -0.25) is 0 Å². The van der Waals surface area contributed by atoms with Crippen LogP contribution < -0.4 is 9.80 Å². The molecule has 0 spiro atoms. The Bertz CT molecular complexity index is 3220. The van der Waals surface area contributed by atoms with Crippen LogP contribution in [0.3, 0.4) is 0 Å². The summed E-state index contributed by atoms with van der Waals surface area (Å²) in [5, 5.41) is 12.7. The van der Waals surface area contributed by atoms with Gasteiger partial charge in [0, 0.05) is 34.9 Å². The summed E-state index contributed by atoms with van der Waals surface area (Å²) in [7, 11) is 0. The van der Waals surface area contributed by atoms with E-state index in [9.17, 15) is 17.6 Å². The predicted molar refractivity (Wildman–Crippen MR) is 241 cm³/mol. The van der Waals surface area contributed by atoms with E-state index in [1.165, 1.54) is 24.3 Å². The topological polar surface area (TPSA) is 6.48 Å². The molecule has 0 aliphatic rings. The summed E-state index contributed by atoms with van der Waals surface area (Å²) in [4.78, 5) is 3.76. The molecule has 0 amide bonds. The third-order valence-corrected chi connectivity index (χ3v) is 11.5. The van der Waals surface area contributed by atoms with E-state index in [0.717, 1.165) is 99.5 Å². The van der Waals surface area contributed by atoms with E-state index >= 15 is 0 Å². The predicted octanol–water partition coefficient (Wildman–Crippen LogP) is 16.1. The Morgan fingerprint density at radius 2 is 0.483 bits per heavy atom. The van der Waals surface area contributed by atoms with Crippen LogP contribution in [0.4, 0.5) is 51.7 Å². The SMILES string of the molecule is Fc1cc(F)cc(N(c2ccccc2)c2ccc3c(c2)c2ccccc2c2cc4c5ccc(N(c6ccccc6)c6cc(F)cc(F)c6)cc5c5ccccc5c4cc32)c1. The molecular weight excluding hydrogens is 753 g/mol. The highest BCUT2D eigenvalue weighted by Gasteiger charge is 2.20. The Hall–Kier alpha value is -7.70. The van der Waals surface area contributed by atoms with Crippen molar-refractivity contribution < 1.29 is 17.6 Å². The Morgan fingerprint density at radius 1 is 0.200 bits per heavy atom. The minimum Gasteiger partial charge on any atom is -0.310 e. The fourth-order valence-corrected chi connectivity index (χ4v) is 9.04. The zero-order valence-electron chi connectivity index (χ0n) is 31.9. The molecular formula is C54H32F4N2. The van der Waals surface area contributed by atoms with Gasteiger partial charge in [-0.25, -0.2) is 17.6 Å². The average molecular weight is 785 g/mol. The highest BCUT2D eigenvalue weighted by molar-refractivity contribution is 6.33. The second-order valence-electron chi connectivity index (χ2n) is 15.1. The molecule has 0 atom stereocenters. The van der Waals surface area contributed by atoms with Gasteiger partial charge in [0.05, 0.1) is 11.4 Å². The van der Waals surface area contributed by atoms with E-state index < -0.39 is 23.3 Å². The van der Waals surface area contributed by atoms with Gasteiger partial charge < -0.3 is 9.80 Å². The number of fused-ring (bicyclic) bond motifs is 12. The summed E-state index contributed by atoms with van der Waals surface area (Å²) < 4.78 is 58.9. The third kappa shape index (κ3) is 5.87. The summed E-state index contributed by atoms with van der Waals surface area (Å²) in [6.07, 6.45) is 0. The highest BCUT2D eigenvalue weighted by Crippen LogP contribution is 2.46. The molecule has 0 unspecified atom stereocenters. The Kier molecular flexibility index (Phi) is 8.27. The van der Waals surface area contributed by atoms with Crippen molar-refractivity contribution in [3.05, 3.63) is 217 Å². The number of nitrogens with zero attached hydrogens (tertiary/aromatic N) is 2. The number of hydrogen-bond donors (Lipinski definition) is 0. The lowest BCUT2D eigenvalue weighted by Gasteiger charge is -2.26. The summed E-state index contributed by atoms with van der Waals surface area (Å²) in [5.74, 6) is -2.61. The first kappa shape index (κ1) is 35.5. The van der Waals surface area contributed by atoms with E-state index in [1.807, 2.05) is 107 Å². The van der Waals surface area contributed by atoms with Crippen LogP contribution in [0.2, 0.25) is 0 Å². The summed E-state index contributed by atoms with van der Waals surface area (Å²) in [6, 6.07) is 60.1. The van der Waals surface area contributed by atoms with Crippen molar-refractivity contribution in [2.75, 3.05) is 9.80 Å². The van der Waals surface area contributed by atoms with Crippen LogP contribution in [0, 0.1) is 23.3 Å². The molecule has 0 saturated carbocycles. The number of rotatable bonds is 6. The van der Waals surface area contributed by atoms with Crippen molar-refractivity contribution in [2.45, 2.75) is 0 Å². The van der Waals surface area contributed by atoms with Crippen LogP contribution in [0.5, 0.6) is 0 Å². The normalized spacial score (nSPS) is 11.7. The van der Waals surface area contributed by atoms with Crippen molar-refractivity contribution in [3.8, 4) is 0 Å². The van der Waals surface area contributed by atoms with Crippen molar-refractivity contribution in [2.24, 2.45) is 0 Å². The molecule has 0 radical (unpaired) electrons. The fourth-order valence-electron chi connectivity index (χ4n) is 9.04.